The van der Waals surface area contributed by atoms with E-state index in [4.69, 9.17) is 16.7 Å². The first-order valence-electron chi connectivity index (χ1n) is 3.78. The predicted molar refractivity (Wildman–Crippen MR) is 59.1 cm³/mol. The highest BCUT2D eigenvalue weighted by Crippen LogP contribution is 2.20. The molecule has 0 aliphatic rings. The molecule has 0 aliphatic carbocycles. The van der Waals surface area contributed by atoms with Crippen LogP contribution in [0.1, 0.15) is 15.9 Å². The maximum atomic E-state index is 10.7. The first-order chi connectivity index (χ1) is 6.66. The van der Waals surface area contributed by atoms with Crippen LogP contribution in [0.3, 0.4) is 0 Å². The number of hydrogen-bond donors (Lipinski definition) is 2. The van der Waals surface area contributed by atoms with Crippen LogP contribution >= 0.6 is 24.2 Å². The number of aromatic carboxylic acids is 1. The summed E-state index contributed by atoms with van der Waals surface area (Å²) in [7, 11) is 0. The Morgan fingerprint density at radius 1 is 1.57 bits per heavy atom. The van der Waals surface area contributed by atoms with Crippen molar-refractivity contribution in [2.75, 3.05) is 5.75 Å². The fourth-order valence-corrected chi connectivity index (χ4v) is 1.26. The van der Waals surface area contributed by atoms with Crippen LogP contribution in [0.4, 0.5) is 0 Å². The van der Waals surface area contributed by atoms with Gasteiger partial charge in [0.2, 0.25) is 0 Å². The zero-order valence-electron chi connectivity index (χ0n) is 7.12. The van der Waals surface area contributed by atoms with E-state index in [-0.39, 0.29) is 10.6 Å². The molecule has 0 radical (unpaired) electrons. The molecule has 0 fully saturated rings. The lowest BCUT2D eigenvalue weighted by molar-refractivity contribution is 0.0697. The minimum absolute atomic E-state index is 0.0673. The average Bonchev–Trinajstić information content (AvgIpc) is 2.16. The Balaban J connectivity index is 3.20. The van der Waals surface area contributed by atoms with Crippen molar-refractivity contribution in [3.05, 3.63) is 34.3 Å². The molecule has 72 valence electrons. The van der Waals surface area contributed by atoms with E-state index in [0.717, 1.165) is 0 Å². The second-order valence-corrected chi connectivity index (χ2v) is 3.13. The van der Waals surface area contributed by atoms with E-state index in [1.807, 2.05) is 0 Å². The van der Waals surface area contributed by atoms with Crippen LogP contribution in [-0.2, 0) is 0 Å². The van der Waals surface area contributed by atoms with Gasteiger partial charge in [-0.2, -0.15) is 12.6 Å². The van der Waals surface area contributed by atoms with Crippen molar-refractivity contribution < 1.29 is 9.90 Å². The van der Waals surface area contributed by atoms with Crippen LogP contribution in [0.25, 0.3) is 0 Å². The summed E-state index contributed by atoms with van der Waals surface area (Å²) in [5, 5.41) is 8.94. The van der Waals surface area contributed by atoms with Crippen molar-refractivity contribution in [2.45, 2.75) is 0 Å². The molecule has 1 aromatic rings. The summed E-state index contributed by atoms with van der Waals surface area (Å²) >= 11 is 9.75. The summed E-state index contributed by atoms with van der Waals surface area (Å²) in [6.07, 6.45) is 0. The number of carbonyl (C=O) groups is 1. The van der Waals surface area contributed by atoms with Gasteiger partial charge in [0.1, 0.15) is 0 Å². The maximum Gasteiger partial charge on any atom is 0.337 e. The van der Waals surface area contributed by atoms with Gasteiger partial charge in [0.15, 0.2) is 0 Å². The first-order valence-corrected chi connectivity index (χ1v) is 4.79. The third-order valence-corrected chi connectivity index (χ3v) is 2.10. The summed E-state index contributed by atoms with van der Waals surface area (Å²) < 4.78 is 0. The quantitative estimate of drug-likeness (QED) is 0.570. The molecule has 1 aromatic carbocycles. The normalized spacial score (nSPS) is 9.00. The van der Waals surface area contributed by atoms with Crippen molar-refractivity contribution >= 4 is 30.2 Å². The SMILES string of the molecule is O=C(O)c1cccc(C#CCS)c1Cl. The second kappa shape index (κ2) is 4.94. The molecule has 0 atom stereocenters. The van der Waals surface area contributed by atoms with E-state index >= 15 is 0 Å². The van der Waals surface area contributed by atoms with E-state index in [0.29, 0.717) is 11.3 Å². The van der Waals surface area contributed by atoms with E-state index < -0.39 is 5.97 Å². The molecule has 14 heavy (non-hydrogen) atoms. The lowest BCUT2D eigenvalue weighted by Gasteiger charge is -1.99. The summed E-state index contributed by atoms with van der Waals surface area (Å²) in [4.78, 5) is 10.7. The largest absolute Gasteiger partial charge is 0.478 e. The Morgan fingerprint density at radius 3 is 2.86 bits per heavy atom. The monoisotopic (exact) mass is 226 g/mol. The van der Waals surface area contributed by atoms with E-state index in [1.165, 1.54) is 6.07 Å². The topological polar surface area (TPSA) is 37.3 Å². The Hall–Kier alpha value is -1.11. The van der Waals surface area contributed by atoms with Gasteiger partial charge < -0.3 is 5.11 Å². The van der Waals surface area contributed by atoms with Crippen LogP contribution in [0.15, 0.2) is 18.2 Å². The van der Waals surface area contributed by atoms with Crippen LogP contribution in [0.2, 0.25) is 5.02 Å². The number of benzene rings is 1. The molecular weight excluding hydrogens is 220 g/mol. The van der Waals surface area contributed by atoms with Crippen LogP contribution in [0.5, 0.6) is 0 Å². The minimum atomic E-state index is -1.05. The molecule has 4 heteroatoms. The number of halogens is 1. The molecule has 0 aliphatic heterocycles. The zero-order chi connectivity index (χ0) is 10.6. The minimum Gasteiger partial charge on any atom is -0.478 e. The third-order valence-electron chi connectivity index (χ3n) is 1.53. The fourth-order valence-electron chi connectivity index (χ4n) is 0.928. The molecule has 0 amide bonds. The Bertz CT molecular complexity index is 418. The zero-order valence-corrected chi connectivity index (χ0v) is 8.77. The molecular formula is C10H7ClO2S. The first kappa shape index (κ1) is 11.0. The Morgan fingerprint density at radius 2 is 2.29 bits per heavy atom. The summed E-state index contributed by atoms with van der Waals surface area (Å²) in [5.41, 5.74) is 0.582. The lowest BCUT2D eigenvalue weighted by atomic mass is 10.1. The van der Waals surface area contributed by atoms with Gasteiger partial charge in [-0.3, -0.25) is 0 Å². The molecule has 1 N–H and O–H groups in total. The van der Waals surface area contributed by atoms with E-state index in [2.05, 4.69) is 24.5 Å². The van der Waals surface area contributed by atoms with Gasteiger partial charge in [-0.25, -0.2) is 4.79 Å². The van der Waals surface area contributed by atoms with Crippen molar-refractivity contribution in [1.29, 1.82) is 0 Å². The Kier molecular flexibility index (Phi) is 3.87. The second-order valence-electron chi connectivity index (χ2n) is 2.43. The predicted octanol–water partition coefficient (Wildman–Crippen LogP) is 2.32. The highest BCUT2D eigenvalue weighted by Gasteiger charge is 2.10. The molecule has 1 rings (SSSR count). The number of carboxylic acid groups (broad SMARTS) is 1. The molecule has 0 heterocycles. The van der Waals surface area contributed by atoms with Crippen molar-refractivity contribution in [1.82, 2.24) is 0 Å². The summed E-state index contributed by atoms with van der Waals surface area (Å²) in [6.45, 7) is 0. The molecule has 0 unspecified atom stereocenters. The van der Waals surface area contributed by atoms with Crippen molar-refractivity contribution in [3.8, 4) is 11.8 Å². The highest BCUT2D eigenvalue weighted by atomic mass is 35.5. The molecule has 0 spiro atoms. The van der Waals surface area contributed by atoms with Gasteiger partial charge in [-0.05, 0) is 12.1 Å². The molecule has 2 nitrogen and oxygen atoms in total. The number of carboxylic acids is 1. The lowest BCUT2D eigenvalue weighted by Crippen LogP contribution is -1.98. The van der Waals surface area contributed by atoms with Gasteiger partial charge in [0.05, 0.1) is 16.3 Å². The van der Waals surface area contributed by atoms with Gasteiger partial charge in [0, 0.05) is 5.56 Å². The Labute approximate surface area is 92.3 Å². The highest BCUT2D eigenvalue weighted by molar-refractivity contribution is 7.80. The van der Waals surface area contributed by atoms with Crippen LogP contribution in [-0.4, -0.2) is 16.8 Å². The number of hydrogen-bond acceptors (Lipinski definition) is 2. The van der Waals surface area contributed by atoms with Gasteiger partial charge in [-0.15, -0.1) is 0 Å². The van der Waals surface area contributed by atoms with Crippen molar-refractivity contribution in [2.24, 2.45) is 0 Å². The van der Waals surface area contributed by atoms with Gasteiger partial charge in [0.25, 0.3) is 0 Å². The number of rotatable bonds is 1. The number of thiol groups is 1. The van der Waals surface area contributed by atoms with E-state index in [9.17, 15) is 4.79 Å². The summed E-state index contributed by atoms with van der Waals surface area (Å²) in [6, 6.07) is 4.72. The third kappa shape index (κ3) is 2.44. The fraction of sp³-hybridized carbons (Fsp3) is 0.100. The molecule has 0 saturated heterocycles. The smallest absolute Gasteiger partial charge is 0.337 e. The standard InChI is InChI=1S/C10H7ClO2S/c11-9-7(4-2-6-14)3-1-5-8(9)10(12)13/h1,3,5,14H,6H2,(H,12,13). The maximum absolute atomic E-state index is 10.7. The molecule has 0 aromatic heterocycles. The van der Waals surface area contributed by atoms with Crippen LogP contribution in [0, 0.1) is 11.8 Å². The molecule has 0 saturated carbocycles. The van der Waals surface area contributed by atoms with Gasteiger partial charge >= 0.3 is 5.97 Å². The molecule has 0 bridgehead atoms. The van der Waals surface area contributed by atoms with Crippen LogP contribution < -0.4 is 0 Å². The van der Waals surface area contributed by atoms with Gasteiger partial charge in [-0.1, -0.05) is 29.5 Å². The van der Waals surface area contributed by atoms with E-state index in [1.54, 1.807) is 12.1 Å². The van der Waals surface area contributed by atoms with Crippen molar-refractivity contribution in [3.63, 3.8) is 0 Å². The average molecular weight is 227 g/mol. The summed E-state index contributed by atoms with van der Waals surface area (Å²) in [5.74, 6) is 4.80.